The molecule has 2 aromatic carbocycles. The predicted molar refractivity (Wildman–Crippen MR) is 104 cm³/mol. The maximum absolute atomic E-state index is 13.3. The Labute approximate surface area is 171 Å². The van der Waals surface area contributed by atoms with Gasteiger partial charge in [0.2, 0.25) is 0 Å². The van der Waals surface area contributed by atoms with Crippen molar-refractivity contribution in [1.29, 1.82) is 0 Å². The number of aromatic nitrogens is 2. The lowest BCUT2D eigenvalue weighted by Crippen LogP contribution is -2.25. The van der Waals surface area contributed by atoms with E-state index in [1.807, 2.05) is 0 Å². The summed E-state index contributed by atoms with van der Waals surface area (Å²) in [4.78, 5) is 28.0. The maximum Gasteiger partial charge on any atom is 0.586 e. The number of alkyl halides is 2. The summed E-state index contributed by atoms with van der Waals surface area (Å²) in [6.45, 7) is 0. The summed E-state index contributed by atoms with van der Waals surface area (Å²) in [5.41, 5.74) is 0.723. The minimum Gasteiger partial charge on any atom is -0.395 e. The molecule has 31 heavy (non-hydrogen) atoms. The molecule has 0 saturated carbocycles. The molecule has 0 unspecified atom stereocenters. The zero-order chi connectivity index (χ0) is 21.8. The molecule has 5 rings (SSSR count). The molecule has 156 valence electrons. The van der Waals surface area contributed by atoms with Crippen LogP contribution in [-0.2, 0) is 0 Å². The van der Waals surface area contributed by atoms with Crippen LogP contribution in [0.1, 0.15) is 10.5 Å². The molecule has 0 bridgehead atoms. The van der Waals surface area contributed by atoms with E-state index in [0.29, 0.717) is 16.7 Å². The molecule has 0 fully saturated rings. The van der Waals surface area contributed by atoms with Gasteiger partial charge in [0.15, 0.2) is 11.5 Å². The number of nitrogens with zero attached hydrogens (tertiary/aromatic N) is 1. The van der Waals surface area contributed by atoms with Crippen molar-refractivity contribution in [2.24, 2.45) is 0 Å². The highest BCUT2D eigenvalue weighted by Crippen LogP contribution is 2.42. The molecule has 1 amide bonds. The summed E-state index contributed by atoms with van der Waals surface area (Å²) in [6, 6.07) is 13.6. The summed E-state index contributed by atoms with van der Waals surface area (Å²) in [7, 11) is 0. The van der Waals surface area contributed by atoms with Gasteiger partial charge < -0.3 is 19.8 Å². The smallest absolute Gasteiger partial charge is 0.395 e. The summed E-state index contributed by atoms with van der Waals surface area (Å²) < 4.78 is 49.6. The molecule has 0 saturated heterocycles. The van der Waals surface area contributed by atoms with Crippen LogP contribution >= 0.6 is 0 Å². The highest BCUT2D eigenvalue weighted by molar-refractivity contribution is 6.05. The van der Waals surface area contributed by atoms with Gasteiger partial charge in [0.25, 0.3) is 11.5 Å². The minimum atomic E-state index is -3.76. The van der Waals surface area contributed by atoms with Gasteiger partial charge in [-0.1, -0.05) is 0 Å². The van der Waals surface area contributed by atoms with Crippen molar-refractivity contribution < 1.29 is 27.4 Å². The molecule has 0 radical (unpaired) electrons. The number of ether oxygens (including phenoxy) is 2. The molecule has 1 aliphatic heterocycles. The Morgan fingerprint density at radius 3 is 2.48 bits per heavy atom. The Morgan fingerprint density at radius 2 is 1.71 bits per heavy atom. The molecule has 0 atom stereocenters. The number of nitrogens with one attached hydrogen (secondary N) is 2. The van der Waals surface area contributed by atoms with Gasteiger partial charge in [-0.15, -0.1) is 8.78 Å². The lowest BCUT2D eigenvalue weighted by Gasteiger charge is -2.07. The van der Waals surface area contributed by atoms with E-state index in [1.54, 1.807) is 6.07 Å². The number of anilines is 1. The molecule has 7 nitrogen and oxygen atoms in total. The van der Waals surface area contributed by atoms with Crippen LogP contribution in [0.5, 0.6) is 11.5 Å². The van der Waals surface area contributed by atoms with Crippen LogP contribution in [0, 0.1) is 5.82 Å². The number of rotatable bonds is 3. The predicted octanol–water partition coefficient (Wildman–Crippen LogP) is 4.03. The van der Waals surface area contributed by atoms with Gasteiger partial charge in [0.1, 0.15) is 17.2 Å². The first-order chi connectivity index (χ1) is 14.8. The molecule has 10 heteroatoms. The van der Waals surface area contributed by atoms with Gasteiger partial charge in [-0.3, -0.25) is 14.2 Å². The zero-order valence-electron chi connectivity index (χ0n) is 15.5. The fraction of sp³-hybridized carbons (Fsp3) is 0.0476. The van der Waals surface area contributed by atoms with Crippen molar-refractivity contribution in [3.8, 4) is 17.2 Å². The maximum atomic E-state index is 13.3. The molecule has 0 aliphatic carbocycles. The van der Waals surface area contributed by atoms with Crippen molar-refractivity contribution in [1.82, 2.24) is 9.55 Å². The van der Waals surface area contributed by atoms with Crippen LogP contribution in [0.25, 0.3) is 16.7 Å². The highest BCUT2D eigenvalue weighted by Gasteiger charge is 2.43. The van der Waals surface area contributed by atoms with Crippen molar-refractivity contribution in [2.45, 2.75) is 6.29 Å². The Morgan fingerprint density at radius 1 is 0.968 bits per heavy atom. The zero-order valence-corrected chi connectivity index (χ0v) is 15.5. The first kappa shape index (κ1) is 18.8. The number of aromatic amines is 1. The normalized spacial score (nSPS) is 14.0. The minimum absolute atomic E-state index is 0.124. The van der Waals surface area contributed by atoms with Crippen LogP contribution < -0.4 is 20.3 Å². The monoisotopic (exact) mass is 427 g/mol. The number of benzene rings is 2. The number of amides is 1. The van der Waals surface area contributed by atoms with Crippen LogP contribution in [0.4, 0.5) is 18.9 Å². The van der Waals surface area contributed by atoms with E-state index in [0.717, 1.165) is 0 Å². The largest absolute Gasteiger partial charge is 0.586 e. The molecule has 2 aromatic heterocycles. The molecule has 1 aliphatic rings. The Kier molecular flexibility index (Phi) is 4.04. The Hall–Kier alpha value is -4.21. The lowest BCUT2D eigenvalue weighted by molar-refractivity contribution is -0.286. The number of H-pyrrole nitrogens is 1. The number of carbonyl (C=O) groups excluding carboxylic acids is 1. The number of hydrogen-bond acceptors (Lipinski definition) is 4. The number of carbonyl (C=O) groups is 1. The molecule has 0 spiro atoms. The van der Waals surface area contributed by atoms with E-state index in [-0.39, 0.29) is 28.4 Å². The van der Waals surface area contributed by atoms with E-state index in [4.69, 9.17) is 0 Å². The van der Waals surface area contributed by atoms with Gasteiger partial charge in [-0.25, -0.2) is 4.39 Å². The second-order valence-electron chi connectivity index (χ2n) is 6.75. The van der Waals surface area contributed by atoms with E-state index in [9.17, 15) is 22.8 Å². The third-order valence-electron chi connectivity index (χ3n) is 4.66. The van der Waals surface area contributed by atoms with Crippen molar-refractivity contribution in [3.05, 3.63) is 82.5 Å². The molecule has 4 aromatic rings. The Balaban J connectivity index is 1.47. The first-order valence-corrected chi connectivity index (χ1v) is 9.01. The summed E-state index contributed by atoms with van der Waals surface area (Å²) >= 11 is 0. The molecular weight excluding hydrogens is 415 g/mol. The van der Waals surface area contributed by atoms with Crippen LogP contribution in [-0.4, -0.2) is 21.8 Å². The number of hydrogen-bond donors (Lipinski definition) is 2. The van der Waals surface area contributed by atoms with Gasteiger partial charge in [0, 0.05) is 23.2 Å². The van der Waals surface area contributed by atoms with Gasteiger partial charge >= 0.3 is 6.29 Å². The number of pyridine rings is 1. The molecule has 2 N–H and O–H groups in total. The average molecular weight is 427 g/mol. The van der Waals surface area contributed by atoms with Gasteiger partial charge in [-0.2, -0.15) is 0 Å². The van der Waals surface area contributed by atoms with Crippen molar-refractivity contribution >= 4 is 22.6 Å². The number of fused-ring (bicyclic) bond motifs is 2. The first-order valence-electron chi connectivity index (χ1n) is 9.01. The Bertz CT molecular complexity index is 1390. The summed E-state index contributed by atoms with van der Waals surface area (Å²) in [6.07, 6.45) is -3.76. The highest BCUT2D eigenvalue weighted by atomic mass is 19.3. The average Bonchev–Trinajstić information content (AvgIpc) is 3.28. The SMILES string of the molecule is O=C(Nc1ccc2c(c1)OC(F)(F)O2)c1cc2ccc(=O)n(-c3ccc(F)cc3)c2[nH]1. The van der Waals surface area contributed by atoms with Crippen LogP contribution in [0.15, 0.2) is 65.5 Å². The summed E-state index contributed by atoms with van der Waals surface area (Å²) in [5, 5.41) is 3.14. The topological polar surface area (TPSA) is 85.3 Å². The fourth-order valence-electron chi connectivity index (χ4n) is 3.31. The van der Waals surface area contributed by atoms with Gasteiger partial charge in [0.05, 0.1) is 5.69 Å². The second kappa shape index (κ2) is 6.66. The van der Waals surface area contributed by atoms with E-state index >= 15 is 0 Å². The second-order valence-corrected chi connectivity index (χ2v) is 6.75. The summed E-state index contributed by atoms with van der Waals surface area (Å²) in [5.74, 6) is -1.36. The van der Waals surface area contributed by atoms with Gasteiger partial charge in [-0.05, 0) is 48.5 Å². The van der Waals surface area contributed by atoms with E-state index < -0.39 is 18.0 Å². The van der Waals surface area contributed by atoms with E-state index in [1.165, 1.54) is 59.2 Å². The van der Waals surface area contributed by atoms with Crippen LogP contribution in [0.2, 0.25) is 0 Å². The fourth-order valence-corrected chi connectivity index (χ4v) is 3.31. The molecular formula is C21H12F3N3O4. The van der Waals surface area contributed by atoms with Crippen molar-refractivity contribution in [2.75, 3.05) is 5.32 Å². The number of halogens is 3. The van der Waals surface area contributed by atoms with Crippen molar-refractivity contribution in [3.63, 3.8) is 0 Å². The third kappa shape index (κ3) is 3.37. The quantitative estimate of drug-likeness (QED) is 0.517. The third-order valence-corrected chi connectivity index (χ3v) is 4.66. The van der Waals surface area contributed by atoms with E-state index in [2.05, 4.69) is 19.8 Å². The molecule has 3 heterocycles. The lowest BCUT2D eigenvalue weighted by atomic mass is 10.2. The van der Waals surface area contributed by atoms with Crippen LogP contribution in [0.3, 0.4) is 0 Å². The standard InChI is InChI=1S/C21H12F3N3O4/c22-12-2-5-14(6-3-12)27-18(28)8-1-11-9-15(26-19(11)27)20(29)25-13-4-7-16-17(10-13)31-21(23,24)30-16/h1-10,26H,(H,25,29).